The van der Waals surface area contributed by atoms with Crippen molar-refractivity contribution in [3.63, 3.8) is 0 Å². The van der Waals surface area contributed by atoms with Gasteiger partial charge in [0, 0.05) is 30.3 Å². The van der Waals surface area contributed by atoms with Crippen LogP contribution >= 0.6 is 0 Å². The SMILES string of the molecule is COc1ccc(-c2ccccn2)c(NC(=O)CC(N)c2cc(OC)c(OC)c(OC)c2)c1. The van der Waals surface area contributed by atoms with Crippen LogP contribution in [-0.4, -0.2) is 39.3 Å². The predicted molar refractivity (Wildman–Crippen MR) is 122 cm³/mol. The number of methoxy groups -OCH3 is 4. The number of carbonyl (C=O) groups excluding carboxylic acids is 1. The van der Waals surface area contributed by atoms with E-state index in [1.165, 1.54) is 21.3 Å². The molecule has 0 spiro atoms. The number of nitrogens with zero attached hydrogens (tertiary/aromatic N) is 1. The van der Waals surface area contributed by atoms with Gasteiger partial charge in [0.1, 0.15) is 5.75 Å². The van der Waals surface area contributed by atoms with Crippen LogP contribution in [0.15, 0.2) is 54.7 Å². The van der Waals surface area contributed by atoms with Crippen molar-refractivity contribution in [1.82, 2.24) is 4.98 Å². The van der Waals surface area contributed by atoms with Gasteiger partial charge in [-0.1, -0.05) is 6.07 Å². The molecule has 0 aliphatic carbocycles. The molecule has 1 heterocycles. The molecule has 0 bridgehead atoms. The Kier molecular flexibility index (Phi) is 7.51. The van der Waals surface area contributed by atoms with E-state index in [2.05, 4.69) is 10.3 Å². The van der Waals surface area contributed by atoms with Crippen LogP contribution in [0.1, 0.15) is 18.0 Å². The van der Waals surface area contributed by atoms with Gasteiger partial charge in [-0.15, -0.1) is 0 Å². The van der Waals surface area contributed by atoms with Gasteiger partial charge in [-0.3, -0.25) is 9.78 Å². The third kappa shape index (κ3) is 5.09. The number of carbonyl (C=O) groups is 1. The summed E-state index contributed by atoms with van der Waals surface area (Å²) in [6, 6.07) is 13.9. The molecule has 8 nitrogen and oxygen atoms in total. The lowest BCUT2D eigenvalue weighted by molar-refractivity contribution is -0.116. The second-order valence-corrected chi connectivity index (χ2v) is 6.94. The fraction of sp³-hybridized carbons (Fsp3) is 0.250. The third-order valence-electron chi connectivity index (χ3n) is 4.96. The summed E-state index contributed by atoms with van der Waals surface area (Å²) in [5, 5.41) is 2.94. The fourth-order valence-electron chi connectivity index (χ4n) is 3.33. The largest absolute Gasteiger partial charge is 0.497 e. The topological polar surface area (TPSA) is 105 Å². The number of hydrogen-bond acceptors (Lipinski definition) is 7. The number of aromatic nitrogens is 1. The first-order valence-corrected chi connectivity index (χ1v) is 9.95. The van der Waals surface area contributed by atoms with Crippen molar-refractivity contribution in [2.75, 3.05) is 33.8 Å². The molecule has 0 saturated heterocycles. The summed E-state index contributed by atoms with van der Waals surface area (Å²) in [6.07, 6.45) is 1.74. The maximum atomic E-state index is 12.9. The number of benzene rings is 2. The molecule has 0 fully saturated rings. The Hall–Kier alpha value is -3.78. The highest BCUT2D eigenvalue weighted by atomic mass is 16.5. The second-order valence-electron chi connectivity index (χ2n) is 6.94. The fourth-order valence-corrected chi connectivity index (χ4v) is 3.33. The van der Waals surface area contributed by atoms with E-state index < -0.39 is 6.04 Å². The quantitative estimate of drug-likeness (QED) is 0.524. The van der Waals surface area contributed by atoms with Crippen molar-refractivity contribution in [2.24, 2.45) is 5.73 Å². The number of rotatable bonds is 9. The van der Waals surface area contributed by atoms with E-state index in [-0.39, 0.29) is 12.3 Å². The Balaban J connectivity index is 1.83. The first-order valence-electron chi connectivity index (χ1n) is 9.95. The summed E-state index contributed by atoms with van der Waals surface area (Å²) in [5.74, 6) is 1.78. The maximum absolute atomic E-state index is 12.9. The van der Waals surface area contributed by atoms with E-state index in [1.54, 1.807) is 31.5 Å². The van der Waals surface area contributed by atoms with Crippen LogP contribution in [0.2, 0.25) is 0 Å². The van der Waals surface area contributed by atoms with Crippen LogP contribution in [-0.2, 0) is 4.79 Å². The molecular formula is C24H27N3O5. The van der Waals surface area contributed by atoms with Crippen LogP contribution in [0.5, 0.6) is 23.0 Å². The van der Waals surface area contributed by atoms with E-state index >= 15 is 0 Å². The van der Waals surface area contributed by atoms with Crippen LogP contribution in [0.4, 0.5) is 5.69 Å². The molecule has 168 valence electrons. The summed E-state index contributed by atoms with van der Waals surface area (Å²) in [7, 11) is 6.16. The number of nitrogens with two attached hydrogens (primary N) is 1. The summed E-state index contributed by atoms with van der Waals surface area (Å²) < 4.78 is 21.4. The first kappa shape index (κ1) is 22.9. The number of hydrogen-bond donors (Lipinski definition) is 2. The molecule has 0 aliphatic heterocycles. The summed E-state index contributed by atoms with van der Waals surface area (Å²) in [4.78, 5) is 17.3. The smallest absolute Gasteiger partial charge is 0.226 e. The zero-order chi connectivity index (χ0) is 23.1. The van der Waals surface area contributed by atoms with Crippen molar-refractivity contribution in [1.29, 1.82) is 0 Å². The number of amides is 1. The van der Waals surface area contributed by atoms with Crippen LogP contribution in [0, 0.1) is 0 Å². The van der Waals surface area contributed by atoms with Crippen molar-refractivity contribution in [3.8, 4) is 34.3 Å². The molecule has 0 radical (unpaired) electrons. The molecule has 3 N–H and O–H groups in total. The van der Waals surface area contributed by atoms with Crippen molar-refractivity contribution in [2.45, 2.75) is 12.5 Å². The number of nitrogens with one attached hydrogen (secondary N) is 1. The molecule has 32 heavy (non-hydrogen) atoms. The number of ether oxygens (including phenoxy) is 4. The monoisotopic (exact) mass is 437 g/mol. The summed E-state index contributed by atoms with van der Waals surface area (Å²) in [5.41, 5.74) is 9.13. The van der Waals surface area contributed by atoms with Gasteiger partial charge in [0.15, 0.2) is 11.5 Å². The minimum Gasteiger partial charge on any atom is -0.497 e. The Bertz CT molecular complexity index is 1050. The van der Waals surface area contributed by atoms with Gasteiger partial charge < -0.3 is 30.0 Å². The number of pyridine rings is 1. The highest BCUT2D eigenvalue weighted by Crippen LogP contribution is 2.40. The van der Waals surface area contributed by atoms with E-state index in [1.807, 2.05) is 30.3 Å². The van der Waals surface area contributed by atoms with Crippen molar-refractivity contribution >= 4 is 11.6 Å². The van der Waals surface area contributed by atoms with Gasteiger partial charge in [-0.2, -0.15) is 0 Å². The van der Waals surface area contributed by atoms with E-state index in [0.717, 1.165) is 11.3 Å². The number of anilines is 1. The van der Waals surface area contributed by atoms with Gasteiger partial charge >= 0.3 is 0 Å². The molecule has 1 aromatic heterocycles. The highest BCUT2D eigenvalue weighted by molar-refractivity contribution is 5.95. The minimum atomic E-state index is -0.590. The van der Waals surface area contributed by atoms with Crippen molar-refractivity contribution < 1.29 is 23.7 Å². The lowest BCUT2D eigenvalue weighted by atomic mass is 10.0. The van der Waals surface area contributed by atoms with Crippen LogP contribution in [0.25, 0.3) is 11.3 Å². The minimum absolute atomic E-state index is 0.0392. The van der Waals surface area contributed by atoms with Gasteiger partial charge in [0.2, 0.25) is 11.7 Å². The third-order valence-corrected chi connectivity index (χ3v) is 4.96. The maximum Gasteiger partial charge on any atom is 0.226 e. The average Bonchev–Trinajstić information content (AvgIpc) is 2.83. The molecule has 1 atom stereocenters. The molecule has 8 heteroatoms. The van der Waals surface area contributed by atoms with Gasteiger partial charge in [0.05, 0.1) is 39.8 Å². The van der Waals surface area contributed by atoms with Gasteiger partial charge in [-0.25, -0.2) is 0 Å². The Morgan fingerprint density at radius 1 is 0.969 bits per heavy atom. The molecule has 1 amide bonds. The summed E-state index contributed by atoms with van der Waals surface area (Å²) >= 11 is 0. The predicted octanol–water partition coefficient (Wildman–Crippen LogP) is 3.81. The average molecular weight is 437 g/mol. The summed E-state index contributed by atoms with van der Waals surface area (Å²) in [6.45, 7) is 0. The zero-order valence-corrected chi connectivity index (χ0v) is 18.5. The molecule has 0 saturated carbocycles. The normalized spacial score (nSPS) is 11.4. The molecule has 0 aliphatic rings. The molecule has 2 aromatic carbocycles. The first-order chi connectivity index (χ1) is 15.5. The van der Waals surface area contributed by atoms with Crippen LogP contribution in [0.3, 0.4) is 0 Å². The zero-order valence-electron chi connectivity index (χ0n) is 18.5. The second kappa shape index (κ2) is 10.5. The highest BCUT2D eigenvalue weighted by Gasteiger charge is 2.19. The van der Waals surface area contributed by atoms with Gasteiger partial charge in [-0.05, 0) is 42.0 Å². The van der Waals surface area contributed by atoms with Gasteiger partial charge in [0.25, 0.3) is 0 Å². The molecule has 3 rings (SSSR count). The molecule has 3 aromatic rings. The standard InChI is InChI=1S/C24H27N3O5/c1-29-16-8-9-17(19-7-5-6-10-26-19)20(13-16)27-23(28)14-18(25)15-11-21(30-2)24(32-4)22(12-15)31-3/h5-13,18H,14,25H2,1-4H3,(H,27,28). The lowest BCUT2D eigenvalue weighted by Gasteiger charge is -2.18. The lowest BCUT2D eigenvalue weighted by Crippen LogP contribution is -2.21. The van der Waals surface area contributed by atoms with E-state index in [0.29, 0.717) is 34.2 Å². The Morgan fingerprint density at radius 2 is 1.69 bits per heavy atom. The van der Waals surface area contributed by atoms with Crippen molar-refractivity contribution in [3.05, 3.63) is 60.3 Å². The van der Waals surface area contributed by atoms with Crippen LogP contribution < -0.4 is 30.0 Å². The van der Waals surface area contributed by atoms with E-state index in [9.17, 15) is 4.79 Å². The Morgan fingerprint density at radius 3 is 2.25 bits per heavy atom. The molecule has 1 unspecified atom stereocenters. The molecular weight excluding hydrogens is 410 g/mol. The van der Waals surface area contributed by atoms with E-state index in [4.69, 9.17) is 24.7 Å². The Labute approximate surface area is 187 Å².